The summed E-state index contributed by atoms with van der Waals surface area (Å²) in [6, 6.07) is 3.95. The van der Waals surface area contributed by atoms with E-state index in [1.807, 2.05) is 12.1 Å². The molecule has 25 heavy (non-hydrogen) atoms. The average Bonchev–Trinajstić information content (AvgIpc) is 2.58. The molecule has 0 unspecified atom stereocenters. The van der Waals surface area contributed by atoms with E-state index in [-0.39, 0.29) is 5.60 Å². The van der Waals surface area contributed by atoms with E-state index in [9.17, 15) is 0 Å². The Hall–Kier alpha value is -2.16. The second kappa shape index (κ2) is 7.38. The molecule has 1 atom stereocenters. The minimum Gasteiger partial charge on any atom is -0.493 e. The number of rotatable bonds is 1. The number of hydrogen-bond acceptors (Lipinski definition) is 3. The summed E-state index contributed by atoms with van der Waals surface area (Å²) < 4.78 is 17.8. The van der Waals surface area contributed by atoms with E-state index in [0.29, 0.717) is 12.4 Å². The highest BCUT2D eigenvalue weighted by molar-refractivity contribution is 5.66. The van der Waals surface area contributed by atoms with Crippen LogP contribution in [-0.2, 0) is 0 Å². The van der Waals surface area contributed by atoms with E-state index in [1.54, 1.807) is 7.11 Å². The van der Waals surface area contributed by atoms with Crippen LogP contribution in [0.1, 0.15) is 52.0 Å². The molecule has 5 rings (SSSR count). The summed E-state index contributed by atoms with van der Waals surface area (Å²) in [6.07, 6.45) is 13.0. The van der Waals surface area contributed by atoms with Gasteiger partial charge in [0.05, 0.1) is 7.11 Å². The quantitative estimate of drug-likeness (QED) is 0.613. The molecular formula is C22H28O3. The largest absolute Gasteiger partial charge is 0.493 e. The maximum Gasteiger partial charge on any atom is 0.164 e. The van der Waals surface area contributed by atoms with Gasteiger partial charge in [-0.3, -0.25) is 0 Å². The number of fused-ring (bicyclic) bond motifs is 1. The smallest absolute Gasteiger partial charge is 0.164 e. The SMILES string of the molecule is COc1cc2c3cc1OC/C(C)=C\CC/C(C)=C\CC[C@](C)(C=C3)O2. The summed E-state index contributed by atoms with van der Waals surface area (Å²) in [5, 5.41) is 0. The van der Waals surface area contributed by atoms with Gasteiger partial charge in [0.1, 0.15) is 18.0 Å². The topological polar surface area (TPSA) is 27.7 Å². The van der Waals surface area contributed by atoms with Crippen molar-refractivity contribution in [3.8, 4) is 17.2 Å². The molecule has 3 nitrogen and oxygen atoms in total. The van der Waals surface area contributed by atoms with Gasteiger partial charge in [0.15, 0.2) is 11.5 Å². The Morgan fingerprint density at radius 1 is 1.04 bits per heavy atom. The third kappa shape index (κ3) is 4.28. The average molecular weight is 340 g/mol. The molecule has 0 spiro atoms. The number of allylic oxidation sites excluding steroid dienone is 3. The van der Waals surface area contributed by atoms with Gasteiger partial charge in [-0.15, -0.1) is 0 Å². The monoisotopic (exact) mass is 340 g/mol. The lowest BCUT2D eigenvalue weighted by Gasteiger charge is -2.32. The van der Waals surface area contributed by atoms with E-state index in [4.69, 9.17) is 14.2 Å². The lowest BCUT2D eigenvalue weighted by molar-refractivity contribution is 0.128. The zero-order chi connectivity index (χ0) is 17.9. The summed E-state index contributed by atoms with van der Waals surface area (Å²) >= 11 is 0. The van der Waals surface area contributed by atoms with Gasteiger partial charge in [0.2, 0.25) is 0 Å². The van der Waals surface area contributed by atoms with Gasteiger partial charge >= 0.3 is 0 Å². The van der Waals surface area contributed by atoms with Gasteiger partial charge in [-0.25, -0.2) is 0 Å². The summed E-state index contributed by atoms with van der Waals surface area (Å²) in [5.41, 5.74) is 3.42. The second-order valence-corrected chi connectivity index (χ2v) is 7.26. The molecular weight excluding hydrogens is 312 g/mol. The fourth-order valence-electron chi connectivity index (χ4n) is 3.24. The first kappa shape index (κ1) is 17.7. The summed E-state index contributed by atoms with van der Waals surface area (Å²) in [6.45, 7) is 7.03. The number of benzene rings is 1. The Morgan fingerprint density at radius 3 is 2.64 bits per heavy atom. The normalized spacial score (nSPS) is 27.7. The van der Waals surface area contributed by atoms with E-state index >= 15 is 0 Å². The van der Waals surface area contributed by atoms with Gasteiger partial charge in [-0.1, -0.05) is 23.8 Å². The lowest BCUT2D eigenvalue weighted by Crippen LogP contribution is -2.31. The van der Waals surface area contributed by atoms with Crippen molar-refractivity contribution < 1.29 is 14.2 Å². The van der Waals surface area contributed by atoms with E-state index in [2.05, 4.69) is 45.1 Å². The molecule has 0 N–H and O–H groups in total. The fourth-order valence-corrected chi connectivity index (χ4v) is 3.24. The van der Waals surface area contributed by atoms with Crippen molar-refractivity contribution in [3.05, 3.63) is 47.1 Å². The van der Waals surface area contributed by atoms with E-state index < -0.39 is 0 Å². The molecule has 1 aromatic rings. The Labute approximate surface area is 151 Å². The van der Waals surface area contributed by atoms with Crippen molar-refractivity contribution in [1.82, 2.24) is 0 Å². The van der Waals surface area contributed by atoms with Gasteiger partial charge < -0.3 is 14.2 Å². The Bertz CT molecular complexity index is 727. The zero-order valence-corrected chi connectivity index (χ0v) is 15.7. The van der Waals surface area contributed by atoms with Crippen molar-refractivity contribution >= 4 is 6.08 Å². The van der Waals surface area contributed by atoms with Crippen LogP contribution in [0.15, 0.2) is 41.5 Å². The number of methoxy groups -OCH3 is 1. The summed E-state index contributed by atoms with van der Waals surface area (Å²) in [5.74, 6) is 2.33. The zero-order valence-electron chi connectivity index (χ0n) is 15.7. The standard InChI is InChI=1S/C22H28O3/c1-16-7-5-8-17(2)15-24-21-13-18-10-12-22(3,11-6-9-16)25-19(18)14-20(21)23-4/h8-10,12-14H,5-7,11,15H2,1-4H3/b16-9-,17-8-/t22-/m1/s1. The minimum absolute atomic E-state index is 0.287. The molecule has 4 aliphatic rings. The van der Waals surface area contributed by atoms with Crippen molar-refractivity contribution in [3.63, 3.8) is 0 Å². The molecule has 0 fully saturated rings. The number of hydrogen-bond donors (Lipinski definition) is 0. The Kier molecular flexibility index (Phi) is 5.22. The first-order valence-electron chi connectivity index (χ1n) is 9.03. The van der Waals surface area contributed by atoms with Crippen LogP contribution in [0.2, 0.25) is 0 Å². The maximum absolute atomic E-state index is 6.31. The fraction of sp³-hybridized carbons (Fsp3) is 0.455. The van der Waals surface area contributed by atoms with Crippen LogP contribution >= 0.6 is 0 Å². The molecule has 4 aliphatic heterocycles. The molecule has 0 radical (unpaired) electrons. The van der Waals surface area contributed by atoms with E-state index in [1.165, 1.54) is 11.1 Å². The van der Waals surface area contributed by atoms with Crippen molar-refractivity contribution in [2.24, 2.45) is 0 Å². The van der Waals surface area contributed by atoms with Crippen LogP contribution in [0.3, 0.4) is 0 Å². The Balaban J connectivity index is 1.96. The first-order chi connectivity index (χ1) is 12.0. The van der Waals surface area contributed by atoms with Gasteiger partial charge in [-0.05, 0) is 64.2 Å². The molecule has 4 bridgehead atoms. The van der Waals surface area contributed by atoms with Crippen LogP contribution in [0, 0.1) is 0 Å². The highest BCUT2D eigenvalue weighted by Gasteiger charge is 2.28. The predicted octanol–water partition coefficient (Wildman–Crippen LogP) is 5.70. The van der Waals surface area contributed by atoms with Crippen molar-refractivity contribution in [2.75, 3.05) is 13.7 Å². The minimum atomic E-state index is -0.287. The molecule has 0 amide bonds. The van der Waals surface area contributed by atoms with Gasteiger partial charge in [0.25, 0.3) is 0 Å². The van der Waals surface area contributed by atoms with Gasteiger partial charge in [-0.2, -0.15) is 0 Å². The summed E-state index contributed by atoms with van der Waals surface area (Å²) in [4.78, 5) is 0. The molecule has 4 heterocycles. The third-order valence-corrected chi connectivity index (χ3v) is 4.87. The third-order valence-electron chi connectivity index (χ3n) is 4.87. The van der Waals surface area contributed by atoms with E-state index in [0.717, 1.165) is 42.7 Å². The van der Waals surface area contributed by atoms with Crippen LogP contribution in [-0.4, -0.2) is 19.3 Å². The molecule has 134 valence electrons. The first-order valence-corrected chi connectivity index (χ1v) is 9.03. The Morgan fingerprint density at radius 2 is 1.84 bits per heavy atom. The molecule has 0 saturated heterocycles. The predicted molar refractivity (Wildman–Crippen MR) is 103 cm³/mol. The number of ether oxygens (including phenoxy) is 3. The highest BCUT2D eigenvalue weighted by atomic mass is 16.5. The highest BCUT2D eigenvalue weighted by Crippen LogP contribution is 2.41. The van der Waals surface area contributed by atoms with Crippen molar-refractivity contribution in [1.29, 1.82) is 0 Å². The van der Waals surface area contributed by atoms with Crippen LogP contribution < -0.4 is 14.2 Å². The van der Waals surface area contributed by atoms with Crippen LogP contribution in [0.4, 0.5) is 0 Å². The molecule has 0 aromatic heterocycles. The van der Waals surface area contributed by atoms with Gasteiger partial charge in [0, 0.05) is 11.6 Å². The van der Waals surface area contributed by atoms with Crippen molar-refractivity contribution in [2.45, 2.75) is 52.1 Å². The molecule has 3 heteroatoms. The molecule has 1 aromatic carbocycles. The van der Waals surface area contributed by atoms with Crippen LogP contribution in [0.5, 0.6) is 17.2 Å². The summed E-state index contributed by atoms with van der Waals surface area (Å²) in [7, 11) is 1.67. The lowest BCUT2D eigenvalue weighted by atomic mass is 9.94. The molecule has 0 saturated carbocycles. The maximum atomic E-state index is 6.31. The second-order valence-electron chi connectivity index (χ2n) is 7.26. The van der Waals surface area contributed by atoms with Crippen LogP contribution in [0.25, 0.3) is 6.08 Å². The molecule has 0 aliphatic carbocycles.